The summed E-state index contributed by atoms with van der Waals surface area (Å²) in [6.07, 6.45) is 1.83. The first-order chi connectivity index (χ1) is 7.85. The van der Waals surface area contributed by atoms with Gasteiger partial charge in [0, 0.05) is 4.90 Å². The molecule has 1 fully saturated rings. The highest BCUT2D eigenvalue weighted by Crippen LogP contribution is 2.43. The molecule has 17 heavy (non-hydrogen) atoms. The Morgan fingerprint density at radius 1 is 1.29 bits per heavy atom. The standard InChI is InChI=1S/C11H9F3O2S/c12-11(13,14)17-9-4-7(6-1-2-6)3-8(5-9)10(15)16/h3-6H,1-2H2,(H,15,16). The van der Waals surface area contributed by atoms with Crippen LogP contribution in [0.5, 0.6) is 0 Å². The van der Waals surface area contributed by atoms with E-state index in [-0.39, 0.29) is 28.1 Å². The second kappa shape index (κ2) is 4.25. The number of alkyl halides is 3. The molecule has 1 aromatic carbocycles. The summed E-state index contributed by atoms with van der Waals surface area (Å²) in [5.74, 6) is -0.974. The van der Waals surface area contributed by atoms with Crippen molar-refractivity contribution in [2.75, 3.05) is 0 Å². The Balaban J connectivity index is 2.33. The molecule has 2 nitrogen and oxygen atoms in total. The molecule has 6 heteroatoms. The summed E-state index contributed by atoms with van der Waals surface area (Å²) in [6.45, 7) is 0. The number of carboxylic acid groups (broad SMARTS) is 1. The molecule has 1 aliphatic carbocycles. The average Bonchev–Trinajstić information content (AvgIpc) is 2.97. The lowest BCUT2D eigenvalue weighted by molar-refractivity contribution is -0.0328. The summed E-state index contributed by atoms with van der Waals surface area (Å²) >= 11 is -0.272. The predicted molar refractivity (Wildman–Crippen MR) is 57.3 cm³/mol. The van der Waals surface area contributed by atoms with Crippen LogP contribution in [0.4, 0.5) is 13.2 Å². The maximum Gasteiger partial charge on any atom is 0.446 e. The minimum Gasteiger partial charge on any atom is -0.478 e. The number of carboxylic acids is 1. The van der Waals surface area contributed by atoms with E-state index in [2.05, 4.69) is 0 Å². The van der Waals surface area contributed by atoms with Gasteiger partial charge in [-0.3, -0.25) is 0 Å². The van der Waals surface area contributed by atoms with Crippen molar-refractivity contribution in [1.82, 2.24) is 0 Å². The van der Waals surface area contributed by atoms with Crippen LogP contribution in [0, 0.1) is 0 Å². The lowest BCUT2D eigenvalue weighted by atomic mass is 10.1. The average molecular weight is 262 g/mol. The third-order valence-electron chi connectivity index (χ3n) is 2.46. The lowest BCUT2D eigenvalue weighted by Gasteiger charge is -2.08. The van der Waals surface area contributed by atoms with E-state index in [9.17, 15) is 18.0 Å². The van der Waals surface area contributed by atoms with Gasteiger partial charge in [-0.15, -0.1) is 0 Å². The summed E-state index contributed by atoms with van der Waals surface area (Å²) in [6, 6.07) is 3.95. The molecule has 0 spiro atoms. The van der Waals surface area contributed by atoms with Crippen LogP contribution in [0.15, 0.2) is 23.1 Å². The van der Waals surface area contributed by atoms with Crippen molar-refractivity contribution in [3.8, 4) is 0 Å². The van der Waals surface area contributed by atoms with E-state index in [1.165, 1.54) is 12.1 Å². The van der Waals surface area contributed by atoms with Gasteiger partial charge in [0.05, 0.1) is 5.56 Å². The zero-order valence-corrected chi connectivity index (χ0v) is 9.44. The molecule has 0 unspecified atom stereocenters. The van der Waals surface area contributed by atoms with Gasteiger partial charge in [-0.05, 0) is 54.3 Å². The fraction of sp³-hybridized carbons (Fsp3) is 0.364. The van der Waals surface area contributed by atoms with Gasteiger partial charge in [0.15, 0.2) is 0 Å². The smallest absolute Gasteiger partial charge is 0.446 e. The Morgan fingerprint density at radius 2 is 1.94 bits per heavy atom. The zero-order chi connectivity index (χ0) is 12.6. The van der Waals surface area contributed by atoms with E-state index in [4.69, 9.17) is 5.11 Å². The largest absolute Gasteiger partial charge is 0.478 e. The first-order valence-corrected chi connectivity index (χ1v) is 5.81. The highest BCUT2D eigenvalue weighted by Gasteiger charge is 2.31. The van der Waals surface area contributed by atoms with Crippen molar-refractivity contribution >= 4 is 17.7 Å². The number of halogens is 3. The maximum atomic E-state index is 12.2. The van der Waals surface area contributed by atoms with Crippen molar-refractivity contribution in [3.63, 3.8) is 0 Å². The number of carbonyl (C=O) groups is 1. The van der Waals surface area contributed by atoms with Crippen LogP contribution in [0.1, 0.15) is 34.7 Å². The van der Waals surface area contributed by atoms with E-state index < -0.39 is 11.5 Å². The van der Waals surface area contributed by atoms with Crippen LogP contribution in [0.3, 0.4) is 0 Å². The van der Waals surface area contributed by atoms with Crippen LogP contribution in [0.2, 0.25) is 0 Å². The Morgan fingerprint density at radius 3 is 2.41 bits per heavy atom. The molecule has 0 heterocycles. The van der Waals surface area contributed by atoms with E-state index >= 15 is 0 Å². The first-order valence-electron chi connectivity index (χ1n) is 4.99. The topological polar surface area (TPSA) is 37.3 Å². The molecule has 2 rings (SSSR count). The Kier molecular flexibility index (Phi) is 3.07. The van der Waals surface area contributed by atoms with Gasteiger partial charge in [0.25, 0.3) is 0 Å². The molecular formula is C11H9F3O2S. The summed E-state index contributed by atoms with van der Waals surface area (Å²) in [5, 5.41) is 8.84. The van der Waals surface area contributed by atoms with Gasteiger partial charge < -0.3 is 5.11 Å². The van der Waals surface area contributed by atoms with E-state index in [0.717, 1.165) is 18.9 Å². The summed E-state index contributed by atoms with van der Waals surface area (Å²) in [4.78, 5) is 10.8. The van der Waals surface area contributed by atoms with E-state index in [1.807, 2.05) is 0 Å². The van der Waals surface area contributed by atoms with Gasteiger partial charge >= 0.3 is 11.5 Å². The Labute approximate surface area is 99.8 Å². The van der Waals surface area contributed by atoms with Gasteiger partial charge in [-0.2, -0.15) is 13.2 Å². The van der Waals surface area contributed by atoms with Gasteiger partial charge in [-0.1, -0.05) is 0 Å². The number of benzene rings is 1. The SMILES string of the molecule is O=C(O)c1cc(SC(F)(F)F)cc(C2CC2)c1. The zero-order valence-electron chi connectivity index (χ0n) is 8.62. The van der Waals surface area contributed by atoms with Crippen molar-refractivity contribution < 1.29 is 23.1 Å². The van der Waals surface area contributed by atoms with Crippen LogP contribution < -0.4 is 0 Å². The number of aromatic carboxylic acids is 1. The van der Waals surface area contributed by atoms with Crippen LogP contribution >= 0.6 is 11.8 Å². The summed E-state index contributed by atoms with van der Waals surface area (Å²) < 4.78 is 36.7. The first kappa shape index (κ1) is 12.3. The molecule has 0 aliphatic heterocycles. The van der Waals surface area contributed by atoms with Gasteiger partial charge in [0.2, 0.25) is 0 Å². The summed E-state index contributed by atoms with van der Waals surface area (Å²) in [7, 11) is 0. The molecule has 1 saturated carbocycles. The van der Waals surface area contributed by atoms with Gasteiger partial charge in [0.1, 0.15) is 0 Å². The monoisotopic (exact) mass is 262 g/mol. The third-order valence-corrected chi connectivity index (χ3v) is 3.16. The minimum atomic E-state index is -4.39. The van der Waals surface area contributed by atoms with Crippen LogP contribution in [0.25, 0.3) is 0 Å². The highest BCUT2D eigenvalue weighted by atomic mass is 32.2. The second-order valence-electron chi connectivity index (χ2n) is 3.92. The van der Waals surface area contributed by atoms with E-state index in [1.54, 1.807) is 0 Å². The molecule has 1 aliphatic rings. The fourth-order valence-electron chi connectivity index (χ4n) is 1.59. The number of rotatable bonds is 3. The Hall–Kier alpha value is -1.17. The number of hydrogen-bond acceptors (Lipinski definition) is 2. The van der Waals surface area contributed by atoms with Crippen molar-refractivity contribution in [1.29, 1.82) is 0 Å². The fourth-order valence-corrected chi connectivity index (χ4v) is 2.24. The van der Waals surface area contributed by atoms with Crippen LogP contribution in [-0.4, -0.2) is 16.6 Å². The van der Waals surface area contributed by atoms with Crippen molar-refractivity contribution in [2.24, 2.45) is 0 Å². The highest BCUT2D eigenvalue weighted by molar-refractivity contribution is 8.00. The molecule has 0 aromatic heterocycles. The molecule has 0 saturated heterocycles. The van der Waals surface area contributed by atoms with Crippen molar-refractivity contribution in [2.45, 2.75) is 29.2 Å². The summed E-state index contributed by atoms with van der Waals surface area (Å²) in [5.41, 5.74) is -3.78. The van der Waals surface area contributed by atoms with E-state index in [0.29, 0.717) is 5.56 Å². The molecule has 1 N–H and O–H groups in total. The van der Waals surface area contributed by atoms with Crippen LogP contribution in [-0.2, 0) is 0 Å². The Bertz CT molecular complexity index is 453. The molecule has 0 atom stereocenters. The van der Waals surface area contributed by atoms with Gasteiger partial charge in [-0.25, -0.2) is 4.79 Å². The number of thioether (sulfide) groups is 1. The lowest BCUT2D eigenvalue weighted by Crippen LogP contribution is -2.02. The molecule has 0 bridgehead atoms. The van der Waals surface area contributed by atoms with Crippen molar-refractivity contribution in [3.05, 3.63) is 29.3 Å². The molecule has 0 radical (unpaired) electrons. The minimum absolute atomic E-state index is 0.0562. The quantitative estimate of drug-likeness (QED) is 0.840. The molecule has 92 valence electrons. The second-order valence-corrected chi connectivity index (χ2v) is 5.06. The molecule has 0 amide bonds. The normalized spacial score (nSPS) is 15.9. The predicted octanol–water partition coefficient (Wildman–Crippen LogP) is 3.87. The number of hydrogen-bond donors (Lipinski definition) is 1. The molecule has 1 aromatic rings. The molecular weight excluding hydrogens is 253 g/mol. The third kappa shape index (κ3) is 3.39. The maximum absolute atomic E-state index is 12.2.